The highest BCUT2D eigenvalue weighted by molar-refractivity contribution is 6.31. The summed E-state index contributed by atoms with van der Waals surface area (Å²) >= 11 is 6.46. The highest BCUT2D eigenvalue weighted by Crippen LogP contribution is 2.36. The normalized spacial score (nSPS) is 12.4. The van der Waals surface area contributed by atoms with Gasteiger partial charge in [-0.3, -0.25) is 0 Å². The van der Waals surface area contributed by atoms with Crippen molar-refractivity contribution in [1.29, 1.82) is 0 Å². The van der Waals surface area contributed by atoms with Crippen LogP contribution < -0.4 is 24.3 Å². The standard InChI is InChI=1S/C23H21ClFNO4/c1-27-21-10-16(13-26-17-6-7-20-22(11-17)29-9-8-28-20)18(24)12-23(21)30-14-15-4-2-3-5-19(15)25/h2-7,10-12,26H,8-9,13-14H2,1H3. The van der Waals surface area contributed by atoms with Gasteiger partial charge in [-0.1, -0.05) is 29.8 Å². The van der Waals surface area contributed by atoms with Gasteiger partial charge in [0.1, 0.15) is 25.6 Å². The largest absolute Gasteiger partial charge is 0.493 e. The molecule has 5 nitrogen and oxygen atoms in total. The Kier molecular flexibility index (Phi) is 6.14. The Balaban J connectivity index is 1.46. The first-order valence-electron chi connectivity index (χ1n) is 9.50. The number of methoxy groups -OCH3 is 1. The molecule has 3 aromatic rings. The molecule has 7 heteroatoms. The van der Waals surface area contributed by atoms with Gasteiger partial charge in [0.2, 0.25) is 0 Å². The number of halogens is 2. The van der Waals surface area contributed by atoms with Crippen molar-refractivity contribution in [2.45, 2.75) is 13.2 Å². The summed E-state index contributed by atoms with van der Waals surface area (Å²) in [4.78, 5) is 0. The van der Waals surface area contributed by atoms with Crippen molar-refractivity contribution in [1.82, 2.24) is 0 Å². The molecule has 0 fully saturated rings. The summed E-state index contributed by atoms with van der Waals surface area (Å²) < 4.78 is 36.2. The van der Waals surface area contributed by atoms with E-state index in [1.807, 2.05) is 24.3 Å². The van der Waals surface area contributed by atoms with E-state index >= 15 is 0 Å². The van der Waals surface area contributed by atoms with Crippen LogP contribution in [0, 0.1) is 5.82 Å². The fraction of sp³-hybridized carbons (Fsp3) is 0.217. The zero-order chi connectivity index (χ0) is 20.9. The highest BCUT2D eigenvalue weighted by atomic mass is 35.5. The van der Waals surface area contributed by atoms with Crippen molar-refractivity contribution in [2.24, 2.45) is 0 Å². The smallest absolute Gasteiger partial charge is 0.163 e. The highest BCUT2D eigenvalue weighted by Gasteiger charge is 2.14. The number of rotatable bonds is 7. The van der Waals surface area contributed by atoms with Crippen molar-refractivity contribution in [3.8, 4) is 23.0 Å². The molecule has 30 heavy (non-hydrogen) atoms. The molecule has 0 spiro atoms. The fourth-order valence-corrected chi connectivity index (χ4v) is 3.33. The maximum absolute atomic E-state index is 13.8. The van der Waals surface area contributed by atoms with E-state index in [0.717, 1.165) is 17.0 Å². The van der Waals surface area contributed by atoms with E-state index in [4.69, 9.17) is 30.5 Å². The Morgan fingerprint density at radius 3 is 2.57 bits per heavy atom. The SMILES string of the molecule is COc1cc(CNc2ccc3c(c2)OCCO3)c(Cl)cc1OCc1ccccc1F. The van der Waals surface area contributed by atoms with Crippen LogP contribution in [-0.2, 0) is 13.2 Å². The van der Waals surface area contributed by atoms with Crippen molar-refractivity contribution < 1.29 is 23.3 Å². The van der Waals surface area contributed by atoms with Gasteiger partial charge in [-0.15, -0.1) is 0 Å². The van der Waals surface area contributed by atoms with E-state index in [-0.39, 0.29) is 12.4 Å². The van der Waals surface area contributed by atoms with Gasteiger partial charge in [0, 0.05) is 35.0 Å². The van der Waals surface area contributed by atoms with Crippen LogP contribution in [0.1, 0.15) is 11.1 Å². The van der Waals surface area contributed by atoms with Crippen LogP contribution in [-0.4, -0.2) is 20.3 Å². The monoisotopic (exact) mass is 429 g/mol. The number of fused-ring (bicyclic) bond motifs is 1. The number of anilines is 1. The summed E-state index contributed by atoms with van der Waals surface area (Å²) in [7, 11) is 1.55. The van der Waals surface area contributed by atoms with Gasteiger partial charge in [0.15, 0.2) is 23.0 Å². The minimum atomic E-state index is -0.317. The quantitative estimate of drug-likeness (QED) is 0.541. The lowest BCUT2D eigenvalue weighted by atomic mass is 10.1. The van der Waals surface area contributed by atoms with Crippen LogP contribution in [0.4, 0.5) is 10.1 Å². The second-order valence-corrected chi connectivity index (χ2v) is 7.09. The molecule has 0 amide bonds. The predicted octanol–water partition coefficient (Wildman–Crippen LogP) is 5.45. The summed E-state index contributed by atoms with van der Waals surface area (Å²) in [5, 5.41) is 3.84. The van der Waals surface area contributed by atoms with Gasteiger partial charge in [-0.05, 0) is 29.8 Å². The molecule has 1 N–H and O–H groups in total. The van der Waals surface area contributed by atoms with Crippen LogP contribution in [0.15, 0.2) is 54.6 Å². The van der Waals surface area contributed by atoms with Crippen molar-refractivity contribution >= 4 is 17.3 Å². The Labute approximate surface area is 179 Å². The summed E-state index contributed by atoms with van der Waals surface area (Å²) in [6, 6.07) is 15.7. The number of hydrogen-bond acceptors (Lipinski definition) is 5. The Morgan fingerprint density at radius 2 is 1.77 bits per heavy atom. The Hall–Kier alpha value is -3.12. The van der Waals surface area contributed by atoms with Crippen LogP contribution in [0.5, 0.6) is 23.0 Å². The first kappa shape index (κ1) is 20.2. The number of benzene rings is 3. The van der Waals surface area contributed by atoms with E-state index in [1.165, 1.54) is 6.07 Å². The van der Waals surface area contributed by atoms with E-state index in [0.29, 0.717) is 47.6 Å². The molecule has 156 valence electrons. The van der Waals surface area contributed by atoms with Gasteiger partial charge >= 0.3 is 0 Å². The fourth-order valence-electron chi connectivity index (χ4n) is 3.11. The second kappa shape index (κ2) is 9.13. The summed E-state index contributed by atoms with van der Waals surface area (Å²) in [6.45, 7) is 1.64. The lowest BCUT2D eigenvalue weighted by Gasteiger charge is -2.19. The molecule has 3 aromatic carbocycles. The zero-order valence-electron chi connectivity index (χ0n) is 16.4. The van der Waals surface area contributed by atoms with Gasteiger partial charge in [-0.25, -0.2) is 4.39 Å². The topological polar surface area (TPSA) is 49.0 Å². The first-order chi connectivity index (χ1) is 14.6. The second-order valence-electron chi connectivity index (χ2n) is 6.69. The molecule has 0 radical (unpaired) electrons. The number of hydrogen-bond donors (Lipinski definition) is 1. The molecule has 0 atom stereocenters. The average Bonchev–Trinajstić information content (AvgIpc) is 2.77. The molecular weight excluding hydrogens is 409 g/mol. The number of nitrogens with one attached hydrogen (secondary N) is 1. The van der Waals surface area contributed by atoms with Gasteiger partial charge in [-0.2, -0.15) is 0 Å². The van der Waals surface area contributed by atoms with Crippen molar-refractivity contribution in [2.75, 3.05) is 25.6 Å². The minimum absolute atomic E-state index is 0.0775. The molecular formula is C23H21ClFNO4. The summed E-state index contributed by atoms with van der Waals surface area (Å²) in [5.74, 6) is 2.11. The molecule has 0 saturated heterocycles. The molecule has 0 unspecified atom stereocenters. The Morgan fingerprint density at radius 1 is 0.967 bits per heavy atom. The van der Waals surface area contributed by atoms with Crippen molar-refractivity contribution in [3.05, 3.63) is 76.6 Å². The van der Waals surface area contributed by atoms with Crippen LogP contribution in [0.2, 0.25) is 5.02 Å². The summed E-state index contributed by atoms with van der Waals surface area (Å²) in [5.41, 5.74) is 2.18. The first-order valence-corrected chi connectivity index (χ1v) is 9.88. The van der Waals surface area contributed by atoms with Crippen molar-refractivity contribution in [3.63, 3.8) is 0 Å². The van der Waals surface area contributed by atoms with Gasteiger partial charge in [0.25, 0.3) is 0 Å². The molecule has 0 bridgehead atoms. The third-order valence-corrected chi connectivity index (χ3v) is 5.05. The van der Waals surface area contributed by atoms with E-state index in [2.05, 4.69) is 5.32 Å². The third-order valence-electron chi connectivity index (χ3n) is 4.70. The third kappa shape index (κ3) is 4.54. The van der Waals surface area contributed by atoms with E-state index in [1.54, 1.807) is 31.4 Å². The van der Waals surface area contributed by atoms with E-state index < -0.39 is 0 Å². The number of ether oxygens (including phenoxy) is 4. The van der Waals surface area contributed by atoms with Crippen LogP contribution in [0.25, 0.3) is 0 Å². The minimum Gasteiger partial charge on any atom is -0.493 e. The average molecular weight is 430 g/mol. The zero-order valence-corrected chi connectivity index (χ0v) is 17.2. The molecule has 4 rings (SSSR count). The van der Waals surface area contributed by atoms with Crippen LogP contribution >= 0.6 is 11.6 Å². The molecule has 1 aliphatic rings. The summed E-state index contributed by atoms with van der Waals surface area (Å²) in [6.07, 6.45) is 0. The van der Waals surface area contributed by atoms with E-state index in [9.17, 15) is 4.39 Å². The van der Waals surface area contributed by atoms with Gasteiger partial charge < -0.3 is 24.3 Å². The predicted molar refractivity (Wildman–Crippen MR) is 113 cm³/mol. The molecule has 0 aliphatic carbocycles. The lowest BCUT2D eigenvalue weighted by molar-refractivity contribution is 0.171. The van der Waals surface area contributed by atoms with Gasteiger partial charge in [0.05, 0.1) is 7.11 Å². The maximum atomic E-state index is 13.8. The molecule has 0 saturated carbocycles. The lowest BCUT2D eigenvalue weighted by Crippen LogP contribution is -2.15. The van der Waals surface area contributed by atoms with Crippen LogP contribution in [0.3, 0.4) is 0 Å². The Bertz CT molecular complexity index is 1040. The maximum Gasteiger partial charge on any atom is 0.163 e. The molecule has 1 aliphatic heterocycles. The molecule has 1 heterocycles. The molecule has 0 aromatic heterocycles.